The summed E-state index contributed by atoms with van der Waals surface area (Å²) in [6, 6.07) is 6.34. The van der Waals surface area contributed by atoms with E-state index in [9.17, 15) is 0 Å². The molecule has 4 heteroatoms. The number of hydrogen-bond acceptors (Lipinski definition) is 4. The van der Waals surface area contributed by atoms with Crippen LogP contribution >= 0.6 is 11.3 Å². The Hall–Kier alpha value is -1.39. The van der Waals surface area contributed by atoms with Gasteiger partial charge in [-0.15, -0.1) is 11.3 Å². The first-order chi connectivity index (χ1) is 10.0. The van der Waals surface area contributed by atoms with E-state index in [0.29, 0.717) is 12.5 Å². The zero-order valence-corrected chi connectivity index (χ0v) is 14.1. The minimum atomic E-state index is 0.532. The summed E-state index contributed by atoms with van der Waals surface area (Å²) in [6.07, 6.45) is 0. The fourth-order valence-electron chi connectivity index (χ4n) is 2.11. The summed E-state index contributed by atoms with van der Waals surface area (Å²) in [7, 11) is 0. The molecule has 1 aromatic carbocycles. The fourth-order valence-corrected chi connectivity index (χ4v) is 2.71. The van der Waals surface area contributed by atoms with Gasteiger partial charge in [0.1, 0.15) is 12.4 Å². The quantitative estimate of drug-likeness (QED) is 0.837. The van der Waals surface area contributed by atoms with Gasteiger partial charge in [-0.1, -0.05) is 31.5 Å². The molecule has 0 unspecified atom stereocenters. The first-order valence-corrected chi connectivity index (χ1v) is 8.26. The number of rotatable bonds is 7. The lowest BCUT2D eigenvalue weighted by Gasteiger charge is -2.13. The monoisotopic (exact) mass is 304 g/mol. The molecule has 114 valence electrons. The normalized spacial score (nSPS) is 11.1. The molecule has 0 fully saturated rings. The Bertz CT molecular complexity index is 578. The van der Waals surface area contributed by atoms with Crippen LogP contribution in [0.25, 0.3) is 0 Å². The van der Waals surface area contributed by atoms with Crippen molar-refractivity contribution in [2.75, 3.05) is 6.54 Å². The van der Waals surface area contributed by atoms with Gasteiger partial charge in [0, 0.05) is 17.5 Å². The molecule has 1 heterocycles. The number of nitrogens with one attached hydrogen (secondary N) is 1. The van der Waals surface area contributed by atoms with Crippen molar-refractivity contribution in [1.29, 1.82) is 0 Å². The molecule has 3 nitrogen and oxygen atoms in total. The van der Waals surface area contributed by atoms with Gasteiger partial charge >= 0.3 is 0 Å². The van der Waals surface area contributed by atoms with E-state index < -0.39 is 0 Å². The van der Waals surface area contributed by atoms with E-state index in [4.69, 9.17) is 4.74 Å². The maximum absolute atomic E-state index is 5.95. The number of nitrogens with zero attached hydrogens (tertiary/aromatic N) is 1. The summed E-state index contributed by atoms with van der Waals surface area (Å²) in [5, 5.41) is 6.61. The molecule has 0 atom stereocenters. The van der Waals surface area contributed by atoms with Crippen LogP contribution in [0.1, 0.15) is 35.7 Å². The van der Waals surface area contributed by atoms with E-state index in [-0.39, 0.29) is 0 Å². The van der Waals surface area contributed by atoms with E-state index in [0.717, 1.165) is 29.5 Å². The topological polar surface area (TPSA) is 34.1 Å². The second kappa shape index (κ2) is 7.57. The van der Waals surface area contributed by atoms with Gasteiger partial charge in [0.15, 0.2) is 0 Å². The summed E-state index contributed by atoms with van der Waals surface area (Å²) in [4.78, 5) is 4.44. The second-order valence-corrected chi connectivity index (χ2v) is 6.84. The van der Waals surface area contributed by atoms with E-state index in [2.05, 4.69) is 54.7 Å². The molecule has 0 saturated heterocycles. The van der Waals surface area contributed by atoms with Crippen LogP contribution in [0.15, 0.2) is 23.6 Å². The van der Waals surface area contributed by atoms with Crippen LogP contribution in [-0.2, 0) is 13.2 Å². The van der Waals surface area contributed by atoms with Gasteiger partial charge in [0.2, 0.25) is 0 Å². The third kappa shape index (κ3) is 5.14. The Labute approximate surface area is 131 Å². The van der Waals surface area contributed by atoms with Crippen molar-refractivity contribution in [3.05, 3.63) is 45.4 Å². The Morgan fingerprint density at radius 3 is 2.76 bits per heavy atom. The van der Waals surface area contributed by atoms with Crippen molar-refractivity contribution in [3.63, 3.8) is 0 Å². The first kappa shape index (κ1) is 16.0. The van der Waals surface area contributed by atoms with Crippen molar-refractivity contribution in [1.82, 2.24) is 10.3 Å². The molecule has 0 bridgehead atoms. The van der Waals surface area contributed by atoms with Crippen molar-refractivity contribution in [2.45, 2.75) is 40.8 Å². The highest BCUT2D eigenvalue weighted by Crippen LogP contribution is 2.21. The molecular weight excluding hydrogens is 280 g/mol. The SMILES string of the molecule is Cc1ccc(OCc2csc(C)n2)c(CNCC(C)C)c1. The largest absolute Gasteiger partial charge is 0.487 e. The summed E-state index contributed by atoms with van der Waals surface area (Å²) < 4.78 is 5.95. The molecule has 2 rings (SSSR count). The lowest BCUT2D eigenvalue weighted by molar-refractivity contribution is 0.297. The van der Waals surface area contributed by atoms with E-state index >= 15 is 0 Å². The third-order valence-electron chi connectivity index (χ3n) is 3.13. The molecule has 0 radical (unpaired) electrons. The molecule has 0 aliphatic heterocycles. The number of aromatic nitrogens is 1. The van der Waals surface area contributed by atoms with Crippen molar-refractivity contribution < 1.29 is 4.74 Å². The Morgan fingerprint density at radius 2 is 2.10 bits per heavy atom. The Kier molecular flexibility index (Phi) is 5.76. The zero-order valence-electron chi connectivity index (χ0n) is 13.3. The molecule has 0 aliphatic rings. The van der Waals surface area contributed by atoms with Crippen LogP contribution in [0.4, 0.5) is 0 Å². The predicted molar refractivity (Wildman–Crippen MR) is 88.9 cm³/mol. The highest BCUT2D eigenvalue weighted by Gasteiger charge is 2.06. The highest BCUT2D eigenvalue weighted by molar-refractivity contribution is 7.09. The molecular formula is C17H24N2OS. The van der Waals surface area contributed by atoms with Gasteiger partial charge < -0.3 is 10.1 Å². The van der Waals surface area contributed by atoms with Gasteiger partial charge in [-0.2, -0.15) is 0 Å². The standard InChI is InChI=1S/C17H24N2OS/c1-12(2)8-18-9-15-7-13(3)5-6-17(15)20-10-16-11-21-14(4)19-16/h5-7,11-12,18H,8-10H2,1-4H3. The van der Waals surface area contributed by atoms with Crippen molar-refractivity contribution >= 4 is 11.3 Å². The van der Waals surface area contributed by atoms with Crippen LogP contribution in [0.5, 0.6) is 5.75 Å². The van der Waals surface area contributed by atoms with Crippen molar-refractivity contribution in [3.8, 4) is 5.75 Å². The zero-order chi connectivity index (χ0) is 15.2. The number of thiazole rings is 1. The molecule has 2 aromatic rings. The minimum absolute atomic E-state index is 0.532. The highest BCUT2D eigenvalue weighted by atomic mass is 32.1. The van der Waals surface area contributed by atoms with Gasteiger partial charge in [0.25, 0.3) is 0 Å². The third-order valence-corrected chi connectivity index (χ3v) is 3.95. The second-order valence-electron chi connectivity index (χ2n) is 5.78. The summed E-state index contributed by atoms with van der Waals surface area (Å²) >= 11 is 1.66. The Morgan fingerprint density at radius 1 is 1.29 bits per heavy atom. The lowest BCUT2D eigenvalue weighted by atomic mass is 10.1. The van der Waals surface area contributed by atoms with Gasteiger partial charge in [-0.05, 0) is 32.4 Å². The van der Waals surface area contributed by atoms with E-state index in [1.165, 1.54) is 11.1 Å². The molecule has 0 aliphatic carbocycles. The molecule has 1 N–H and O–H groups in total. The van der Waals surface area contributed by atoms with Crippen LogP contribution in [0, 0.1) is 19.8 Å². The average Bonchev–Trinajstić information content (AvgIpc) is 2.83. The summed E-state index contributed by atoms with van der Waals surface area (Å²) in [5.74, 6) is 1.60. The van der Waals surface area contributed by atoms with Crippen molar-refractivity contribution in [2.24, 2.45) is 5.92 Å². The average molecular weight is 304 g/mol. The fraction of sp³-hybridized carbons (Fsp3) is 0.471. The maximum atomic E-state index is 5.95. The van der Waals surface area contributed by atoms with Gasteiger partial charge in [-0.25, -0.2) is 4.98 Å². The number of ether oxygens (including phenoxy) is 1. The number of benzene rings is 1. The summed E-state index contributed by atoms with van der Waals surface area (Å²) in [6.45, 7) is 10.9. The van der Waals surface area contributed by atoms with E-state index in [1.807, 2.05) is 6.92 Å². The summed E-state index contributed by atoms with van der Waals surface area (Å²) in [5.41, 5.74) is 3.47. The molecule has 1 aromatic heterocycles. The van der Waals surface area contributed by atoms with Crippen LogP contribution in [0.3, 0.4) is 0 Å². The molecule has 21 heavy (non-hydrogen) atoms. The molecule has 0 spiro atoms. The number of hydrogen-bond donors (Lipinski definition) is 1. The van der Waals surface area contributed by atoms with Crippen LogP contribution in [0.2, 0.25) is 0 Å². The minimum Gasteiger partial charge on any atom is -0.487 e. The maximum Gasteiger partial charge on any atom is 0.131 e. The van der Waals surface area contributed by atoms with Crippen LogP contribution in [-0.4, -0.2) is 11.5 Å². The van der Waals surface area contributed by atoms with Gasteiger partial charge in [-0.3, -0.25) is 0 Å². The predicted octanol–water partition coefficient (Wildman–Crippen LogP) is 4.08. The Balaban J connectivity index is 2.00. The van der Waals surface area contributed by atoms with Crippen LogP contribution < -0.4 is 10.1 Å². The first-order valence-electron chi connectivity index (χ1n) is 7.38. The lowest BCUT2D eigenvalue weighted by Crippen LogP contribution is -2.19. The van der Waals surface area contributed by atoms with E-state index in [1.54, 1.807) is 11.3 Å². The molecule has 0 amide bonds. The molecule has 0 saturated carbocycles. The smallest absolute Gasteiger partial charge is 0.131 e. The van der Waals surface area contributed by atoms with Gasteiger partial charge in [0.05, 0.1) is 10.7 Å². The number of aryl methyl sites for hydroxylation is 2.